The van der Waals surface area contributed by atoms with Crippen molar-refractivity contribution >= 4 is 15.9 Å². The van der Waals surface area contributed by atoms with Crippen molar-refractivity contribution in [3.8, 4) is 0 Å². The van der Waals surface area contributed by atoms with E-state index in [1.807, 2.05) is 20.3 Å². The first-order valence-electron chi connectivity index (χ1n) is 5.94. The number of hydrogen-bond acceptors (Lipinski definition) is 3. The number of hydrogen-bond donors (Lipinski definition) is 1. The van der Waals surface area contributed by atoms with Gasteiger partial charge in [-0.05, 0) is 24.7 Å². The Kier molecular flexibility index (Phi) is 4.49. The maximum atomic E-state index is 4.16. The molecule has 0 aliphatic rings. The molecule has 0 saturated heterocycles. The lowest BCUT2D eigenvalue weighted by Crippen LogP contribution is -2.19. The summed E-state index contributed by atoms with van der Waals surface area (Å²) in [6.07, 6.45) is 2.87. The van der Waals surface area contributed by atoms with Gasteiger partial charge < -0.3 is 5.32 Å². The molecule has 1 atom stereocenters. The van der Waals surface area contributed by atoms with Crippen LogP contribution in [0.5, 0.6) is 0 Å². The predicted octanol–water partition coefficient (Wildman–Crippen LogP) is 2.12. The number of nitrogens with zero attached hydrogens (tertiary/aromatic N) is 3. The largest absolute Gasteiger partial charge is 0.319 e. The molecular weight excluding hydrogens is 292 g/mol. The van der Waals surface area contributed by atoms with E-state index in [1.165, 1.54) is 5.56 Å². The number of rotatable bonds is 5. The number of likely N-dealkylation sites (N-methyl/N-ethyl adjacent to an activating group) is 1. The van der Waals surface area contributed by atoms with E-state index >= 15 is 0 Å². The van der Waals surface area contributed by atoms with Crippen molar-refractivity contribution in [3.63, 3.8) is 0 Å². The van der Waals surface area contributed by atoms with Crippen molar-refractivity contribution in [1.29, 1.82) is 0 Å². The Morgan fingerprint density at radius 2 is 2.06 bits per heavy atom. The minimum atomic E-state index is 0.416. The van der Waals surface area contributed by atoms with Crippen molar-refractivity contribution in [2.24, 2.45) is 7.05 Å². The van der Waals surface area contributed by atoms with Gasteiger partial charge in [-0.2, -0.15) is 0 Å². The minimum absolute atomic E-state index is 0.416. The fourth-order valence-corrected chi connectivity index (χ4v) is 2.29. The van der Waals surface area contributed by atoms with Crippen LogP contribution in [0.4, 0.5) is 0 Å². The van der Waals surface area contributed by atoms with E-state index in [2.05, 4.69) is 55.8 Å². The summed E-state index contributed by atoms with van der Waals surface area (Å²) in [7, 11) is 3.87. The number of halogens is 1. The second kappa shape index (κ2) is 6.11. The normalized spacial score (nSPS) is 12.6. The molecule has 0 aliphatic carbocycles. The van der Waals surface area contributed by atoms with Crippen LogP contribution in [0.2, 0.25) is 0 Å². The average molecular weight is 309 g/mol. The van der Waals surface area contributed by atoms with Crippen LogP contribution in [0.3, 0.4) is 0 Å². The van der Waals surface area contributed by atoms with Gasteiger partial charge in [-0.3, -0.25) is 4.68 Å². The molecule has 0 saturated carbocycles. The van der Waals surface area contributed by atoms with Gasteiger partial charge in [-0.25, -0.2) is 0 Å². The third kappa shape index (κ3) is 3.40. The highest BCUT2D eigenvalue weighted by molar-refractivity contribution is 9.10. The Balaban J connectivity index is 2.14. The zero-order chi connectivity index (χ0) is 13.0. The smallest absolute Gasteiger partial charge is 0.0833 e. The first-order chi connectivity index (χ1) is 8.69. The molecule has 18 heavy (non-hydrogen) atoms. The maximum Gasteiger partial charge on any atom is 0.0833 e. The molecular formula is C13H17BrN4. The molecule has 1 heterocycles. The third-order valence-corrected chi connectivity index (χ3v) is 3.43. The van der Waals surface area contributed by atoms with Crippen LogP contribution in [0.1, 0.15) is 17.2 Å². The molecule has 4 nitrogen and oxygen atoms in total. The van der Waals surface area contributed by atoms with Crippen molar-refractivity contribution in [3.05, 3.63) is 46.2 Å². The number of aryl methyl sites for hydroxylation is 1. The summed E-state index contributed by atoms with van der Waals surface area (Å²) in [6, 6.07) is 8.47. The van der Waals surface area contributed by atoms with E-state index < -0.39 is 0 Å². The van der Waals surface area contributed by atoms with Crippen molar-refractivity contribution < 1.29 is 0 Å². The highest BCUT2D eigenvalue weighted by Crippen LogP contribution is 2.21. The molecule has 0 fully saturated rings. The van der Waals surface area contributed by atoms with Crippen molar-refractivity contribution in [2.75, 3.05) is 13.6 Å². The molecule has 1 aromatic carbocycles. The van der Waals surface area contributed by atoms with Gasteiger partial charge in [0.1, 0.15) is 0 Å². The summed E-state index contributed by atoms with van der Waals surface area (Å²) in [5.41, 5.74) is 2.35. The summed E-state index contributed by atoms with van der Waals surface area (Å²) in [5.74, 6) is 0.416. The van der Waals surface area contributed by atoms with Gasteiger partial charge in [-0.1, -0.05) is 33.3 Å². The molecule has 1 aromatic heterocycles. The molecule has 2 rings (SSSR count). The van der Waals surface area contributed by atoms with Gasteiger partial charge in [0, 0.05) is 36.6 Å². The van der Waals surface area contributed by atoms with Crippen LogP contribution < -0.4 is 5.32 Å². The first kappa shape index (κ1) is 13.2. The van der Waals surface area contributed by atoms with Gasteiger partial charge in [-0.15, -0.1) is 5.10 Å². The van der Waals surface area contributed by atoms with E-state index in [1.54, 1.807) is 4.68 Å². The molecule has 0 amide bonds. The third-order valence-electron chi connectivity index (χ3n) is 2.90. The van der Waals surface area contributed by atoms with Crippen LogP contribution in [-0.4, -0.2) is 28.6 Å². The zero-order valence-electron chi connectivity index (χ0n) is 10.6. The van der Waals surface area contributed by atoms with E-state index in [0.29, 0.717) is 5.92 Å². The lowest BCUT2D eigenvalue weighted by atomic mass is 9.94. The highest BCUT2D eigenvalue weighted by atomic mass is 79.9. The van der Waals surface area contributed by atoms with Crippen molar-refractivity contribution in [2.45, 2.75) is 12.3 Å². The summed E-state index contributed by atoms with van der Waals surface area (Å²) < 4.78 is 2.85. The Labute approximate surface area is 116 Å². The lowest BCUT2D eigenvalue weighted by molar-refractivity contribution is 0.617. The Morgan fingerprint density at radius 1 is 1.33 bits per heavy atom. The fourth-order valence-electron chi connectivity index (χ4n) is 2.03. The molecule has 5 heteroatoms. The number of nitrogens with one attached hydrogen (secondary N) is 1. The van der Waals surface area contributed by atoms with Gasteiger partial charge >= 0.3 is 0 Å². The van der Waals surface area contributed by atoms with Gasteiger partial charge in [0.25, 0.3) is 0 Å². The predicted molar refractivity (Wildman–Crippen MR) is 75.5 cm³/mol. The van der Waals surface area contributed by atoms with Crippen LogP contribution in [0, 0.1) is 0 Å². The Bertz CT molecular complexity index is 492. The summed E-state index contributed by atoms with van der Waals surface area (Å²) in [6.45, 7) is 0.929. The molecule has 1 unspecified atom stereocenters. The average Bonchev–Trinajstić information content (AvgIpc) is 2.75. The van der Waals surface area contributed by atoms with E-state index in [9.17, 15) is 0 Å². The lowest BCUT2D eigenvalue weighted by Gasteiger charge is -2.15. The second-order valence-corrected chi connectivity index (χ2v) is 5.31. The topological polar surface area (TPSA) is 42.7 Å². The van der Waals surface area contributed by atoms with E-state index in [-0.39, 0.29) is 0 Å². The molecule has 1 N–H and O–H groups in total. The van der Waals surface area contributed by atoms with Crippen LogP contribution in [0.25, 0.3) is 0 Å². The molecule has 0 radical (unpaired) electrons. The highest BCUT2D eigenvalue weighted by Gasteiger charge is 2.13. The quantitative estimate of drug-likeness (QED) is 0.920. The summed E-state index contributed by atoms with van der Waals surface area (Å²) in [5, 5.41) is 11.4. The number of aromatic nitrogens is 3. The van der Waals surface area contributed by atoms with Crippen LogP contribution in [0.15, 0.2) is 34.9 Å². The summed E-state index contributed by atoms with van der Waals surface area (Å²) in [4.78, 5) is 0. The summed E-state index contributed by atoms with van der Waals surface area (Å²) >= 11 is 3.46. The second-order valence-electron chi connectivity index (χ2n) is 4.39. The fraction of sp³-hybridized carbons (Fsp3) is 0.385. The Hall–Kier alpha value is -1.20. The van der Waals surface area contributed by atoms with Gasteiger partial charge in [0.2, 0.25) is 0 Å². The Morgan fingerprint density at radius 3 is 2.61 bits per heavy atom. The van der Waals surface area contributed by atoms with Gasteiger partial charge in [0.15, 0.2) is 0 Å². The van der Waals surface area contributed by atoms with E-state index in [0.717, 1.165) is 23.1 Å². The standard InChI is InChI=1S/C13H17BrN4/c1-15-8-11(7-13-9-18(2)17-16-13)10-3-5-12(14)6-4-10/h3-6,9,11,15H,7-8H2,1-2H3. The molecule has 0 spiro atoms. The van der Waals surface area contributed by atoms with Crippen molar-refractivity contribution in [1.82, 2.24) is 20.3 Å². The van der Waals surface area contributed by atoms with E-state index in [4.69, 9.17) is 0 Å². The number of benzene rings is 1. The maximum absolute atomic E-state index is 4.16. The minimum Gasteiger partial charge on any atom is -0.319 e. The monoisotopic (exact) mass is 308 g/mol. The van der Waals surface area contributed by atoms with Crippen LogP contribution in [-0.2, 0) is 13.5 Å². The zero-order valence-corrected chi connectivity index (χ0v) is 12.2. The van der Waals surface area contributed by atoms with Crippen LogP contribution >= 0.6 is 15.9 Å². The van der Waals surface area contributed by atoms with Gasteiger partial charge in [0.05, 0.1) is 5.69 Å². The molecule has 0 aliphatic heterocycles. The molecule has 0 bridgehead atoms. The SMILES string of the molecule is CNCC(Cc1cn(C)nn1)c1ccc(Br)cc1. The molecule has 2 aromatic rings. The molecule has 96 valence electrons. The first-order valence-corrected chi connectivity index (χ1v) is 6.73.